The molecule has 1 aromatic heterocycles. The van der Waals surface area contributed by atoms with E-state index in [4.69, 9.17) is 5.84 Å². The first-order valence-electron chi connectivity index (χ1n) is 6.16. The molecule has 0 saturated heterocycles. The van der Waals surface area contributed by atoms with E-state index in [2.05, 4.69) is 58.4 Å². The zero-order valence-corrected chi connectivity index (χ0v) is 13.7. The largest absolute Gasteiger partial charge is 0.271 e. The number of benzene rings is 1. The number of hydrogen-bond donors (Lipinski definition) is 2. The van der Waals surface area contributed by atoms with Crippen LogP contribution in [0.4, 0.5) is 0 Å². The van der Waals surface area contributed by atoms with Gasteiger partial charge in [-0.05, 0) is 38.0 Å². The fraction of sp³-hybridized carbons (Fsp3) is 0.357. The lowest BCUT2D eigenvalue weighted by atomic mass is 10.0. The molecule has 0 bridgehead atoms. The molecule has 3 N–H and O–H groups in total. The summed E-state index contributed by atoms with van der Waals surface area (Å²) >= 11 is 5.26. The van der Waals surface area contributed by atoms with Gasteiger partial charge in [-0.2, -0.15) is 0 Å². The highest BCUT2D eigenvalue weighted by atomic mass is 79.9. The first-order valence-corrected chi connectivity index (χ1v) is 7.77. The Bertz CT molecular complexity index is 561. The second-order valence-corrected chi connectivity index (χ2v) is 6.82. The van der Waals surface area contributed by atoms with Crippen molar-refractivity contribution in [3.63, 3.8) is 0 Å². The van der Waals surface area contributed by atoms with E-state index in [1.165, 1.54) is 16.0 Å². The van der Waals surface area contributed by atoms with Gasteiger partial charge in [0, 0.05) is 15.8 Å². The predicted octanol–water partition coefficient (Wildman–Crippen LogP) is 3.58. The minimum Gasteiger partial charge on any atom is -0.271 e. The van der Waals surface area contributed by atoms with Gasteiger partial charge in [0.25, 0.3) is 0 Å². The molecule has 0 aliphatic carbocycles. The van der Waals surface area contributed by atoms with Gasteiger partial charge in [0.2, 0.25) is 0 Å². The summed E-state index contributed by atoms with van der Waals surface area (Å²) in [7, 11) is 0. The van der Waals surface area contributed by atoms with Crippen LogP contribution in [0.2, 0.25) is 0 Å². The second-order valence-electron chi connectivity index (χ2n) is 4.68. The van der Waals surface area contributed by atoms with Crippen molar-refractivity contribution in [3.8, 4) is 0 Å². The molecule has 5 heteroatoms. The Morgan fingerprint density at radius 3 is 2.63 bits per heavy atom. The van der Waals surface area contributed by atoms with E-state index >= 15 is 0 Å². The number of nitrogens with two attached hydrogens (primary N) is 1. The number of nitrogens with one attached hydrogen (secondary N) is 1. The highest BCUT2D eigenvalue weighted by Crippen LogP contribution is 2.25. The van der Waals surface area contributed by atoms with Crippen LogP contribution in [0.3, 0.4) is 0 Å². The summed E-state index contributed by atoms with van der Waals surface area (Å²) in [5, 5.41) is 1.12. The van der Waals surface area contributed by atoms with Gasteiger partial charge in [-0.1, -0.05) is 28.1 Å². The van der Waals surface area contributed by atoms with Gasteiger partial charge >= 0.3 is 0 Å². The second kappa shape index (κ2) is 6.13. The van der Waals surface area contributed by atoms with Crippen molar-refractivity contribution in [2.75, 3.05) is 0 Å². The van der Waals surface area contributed by atoms with Crippen LogP contribution in [-0.4, -0.2) is 4.98 Å². The number of thiazole rings is 1. The molecule has 0 amide bonds. The molecule has 102 valence electrons. The quantitative estimate of drug-likeness (QED) is 0.661. The Balaban J connectivity index is 2.22. The molecular formula is C14H18BrN3S. The fourth-order valence-electron chi connectivity index (χ4n) is 1.96. The van der Waals surface area contributed by atoms with Gasteiger partial charge in [0.1, 0.15) is 0 Å². The summed E-state index contributed by atoms with van der Waals surface area (Å²) in [5.41, 5.74) is 6.41. The van der Waals surface area contributed by atoms with E-state index in [1.54, 1.807) is 11.3 Å². The first-order chi connectivity index (χ1) is 9.01. The summed E-state index contributed by atoms with van der Waals surface area (Å²) in [6.07, 6.45) is 0.816. The summed E-state index contributed by atoms with van der Waals surface area (Å²) in [5.74, 6) is 5.70. The van der Waals surface area contributed by atoms with Gasteiger partial charge in [-0.15, -0.1) is 11.3 Å². The van der Waals surface area contributed by atoms with Crippen LogP contribution >= 0.6 is 27.3 Å². The molecule has 2 aromatic rings. The summed E-state index contributed by atoms with van der Waals surface area (Å²) in [4.78, 5) is 5.85. The Morgan fingerprint density at radius 2 is 2.11 bits per heavy atom. The highest BCUT2D eigenvalue weighted by molar-refractivity contribution is 9.10. The van der Waals surface area contributed by atoms with Gasteiger partial charge in [0.05, 0.1) is 16.7 Å². The Morgan fingerprint density at radius 1 is 1.37 bits per heavy atom. The van der Waals surface area contributed by atoms with Crippen molar-refractivity contribution in [1.29, 1.82) is 0 Å². The van der Waals surface area contributed by atoms with Crippen LogP contribution in [0.1, 0.15) is 32.7 Å². The topological polar surface area (TPSA) is 50.9 Å². The van der Waals surface area contributed by atoms with E-state index in [1.807, 2.05) is 6.92 Å². The molecule has 2 rings (SSSR count). The third kappa shape index (κ3) is 3.42. The molecule has 19 heavy (non-hydrogen) atoms. The Labute approximate surface area is 126 Å². The molecule has 0 spiro atoms. The molecule has 0 aliphatic rings. The predicted molar refractivity (Wildman–Crippen MR) is 84.2 cm³/mol. The zero-order valence-electron chi connectivity index (χ0n) is 11.3. The van der Waals surface area contributed by atoms with Crippen molar-refractivity contribution in [2.45, 2.75) is 33.2 Å². The Hall–Kier alpha value is -0.750. The van der Waals surface area contributed by atoms with E-state index in [9.17, 15) is 0 Å². The molecular weight excluding hydrogens is 322 g/mol. The van der Waals surface area contributed by atoms with E-state index < -0.39 is 0 Å². The maximum atomic E-state index is 5.70. The molecule has 1 aromatic carbocycles. The van der Waals surface area contributed by atoms with Gasteiger partial charge < -0.3 is 0 Å². The van der Waals surface area contributed by atoms with Crippen molar-refractivity contribution in [2.24, 2.45) is 5.84 Å². The average molecular weight is 340 g/mol. The third-order valence-corrected chi connectivity index (χ3v) is 5.22. The zero-order chi connectivity index (χ0) is 14.0. The molecule has 1 unspecified atom stereocenters. The molecule has 1 atom stereocenters. The minimum absolute atomic E-state index is 0.0942. The van der Waals surface area contributed by atoms with E-state index in [0.717, 1.165) is 21.6 Å². The average Bonchev–Trinajstić information content (AvgIpc) is 2.69. The van der Waals surface area contributed by atoms with Crippen LogP contribution in [0.15, 0.2) is 22.7 Å². The van der Waals surface area contributed by atoms with Gasteiger partial charge in [0.15, 0.2) is 0 Å². The summed E-state index contributed by atoms with van der Waals surface area (Å²) < 4.78 is 1.12. The van der Waals surface area contributed by atoms with E-state index in [0.29, 0.717) is 0 Å². The van der Waals surface area contributed by atoms with Gasteiger partial charge in [-0.25, -0.2) is 4.98 Å². The Kier molecular flexibility index (Phi) is 4.73. The first kappa shape index (κ1) is 14.7. The van der Waals surface area contributed by atoms with Crippen LogP contribution < -0.4 is 11.3 Å². The number of halogens is 1. The van der Waals surface area contributed by atoms with Crippen molar-refractivity contribution in [3.05, 3.63) is 49.4 Å². The molecule has 3 nitrogen and oxygen atoms in total. The number of aryl methyl sites for hydroxylation is 3. The third-order valence-electron chi connectivity index (χ3n) is 3.24. The number of aromatic nitrogens is 1. The molecule has 0 saturated carbocycles. The number of rotatable bonds is 4. The standard InChI is InChI=1S/C14H18BrN3S/c1-8-6-11(4-5-12(8)15)13(18-16)7-14-17-9(2)10(3)19-14/h4-6,13,18H,7,16H2,1-3H3. The molecule has 1 heterocycles. The maximum Gasteiger partial charge on any atom is 0.0950 e. The van der Waals surface area contributed by atoms with Crippen LogP contribution in [-0.2, 0) is 6.42 Å². The SMILES string of the molecule is Cc1cc(C(Cc2nc(C)c(C)s2)NN)ccc1Br. The number of hydrogen-bond acceptors (Lipinski definition) is 4. The molecule has 0 radical (unpaired) electrons. The smallest absolute Gasteiger partial charge is 0.0950 e. The normalized spacial score (nSPS) is 12.7. The monoisotopic (exact) mass is 339 g/mol. The number of hydrazine groups is 1. The van der Waals surface area contributed by atoms with E-state index in [-0.39, 0.29) is 6.04 Å². The molecule has 0 fully saturated rings. The lowest BCUT2D eigenvalue weighted by molar-refractivity contribution is 0.550. The molecule has 0 aliphatic heterocycles. The summed E-state index contributed by atoms with van der Waals surface area (Å²) in [6.45, 7) is 6.23. The van der Waals surface area contributed by atoms with Gasteiger partial charge in [-0.3, -0.25) is 11.3 Å². The van der Waals surface area contributed by atoms with Crippen LogP contribution in [0, 0.1) is 20.8 Å². The summed E-state index contributed by atoms with van der Waals surface area (Å²) in [6, 6.07) is 6.40. The minimum atomic E-state index is 0.0942. The van der Waals surface area contributed by atoms with Crippen molar-refractivity contribution < 1.29 is 0 Å². The van der Waals surface area contributed by atoms with Crippen molar-refractivity contribution >= 4 is 27.3 Å². The van der Waals surface area contributed by atoms with Crippen LogP contribution in [0.25, 0.3) is 0 Å². The maximum absolute atomic E-state index is 5.70. The highest BCUT2D eigenvalue weighted by Gasteiger charge is 2.14. The van der Waals surface area contributed by atoms with Crippen molar-refractivity contribution in [1.82, 2.24) is 10.4 Å². The lowest BCUT2D eigenvalue weighted by Gasteiger charge is -2.16. The fourth-order valence-corrected chi connectivity index (χ4v) is 3.18. The lowest BCUT2D eigenvalue weighted by Crippen LogP contribution is -2.29. The number of nitrogens with zero attached hydrogens (tertiary/aromatic N) is 1. The van der Waals surface area contributed by atoms with Crippen LogP contribution in [0.5, 0.6) is 0 Å².